The number of hydrogen-bond acceptors (Lipinski definition) is 5. The Bertz CT molecular complexity index is 1380. The summed E-state index contributed by atoms with van der Waals surface area (Å²) in [5, 5.41) is 6.83. The smallest absolute Gasteiger partial charge is 0.246 e. The molecule has 3 fully saturated rings. The lowest BCUT2D eigenvalue weighted by molar-refractivity contribution is -0.141. The van der Waals surface area contributed by atoms with Crippen molar-refractivity contribution in [1.29, 1.82) is 0 Å². The summed E-state index contributed by atoms with van der Waals surface area (Å²) in [7, 11) is 1.56. The summed E-state index contributed by atoms with van der Waals surface area (Å²) in [6.45, 7) is 2.45. The summed E-state index contributed by atoms with van der Waals surface area (Å²) in [6, 6.07) is 13.7. The summed E-state index contributed by atoms with van der Waals surface area (Å²) in [5.41, 5.74) is 0.252. The van der Waals surface area contributed by atoms with Crippen molar-refractivity contribution in [3.05, 3.63) is 71.3 Å². The van der Waals surface area contributed by atoms with Crippen LogP contribution in [0.1, 0.15) is 38.2 Å². The van der Waals surface area contributed by atoms with Crippen molar-refractivity contribution in [2.24, 2.45) is 17.8 Å². The Morgan fingerprint density at radius 1 is 1.12 bits per heavy atom. The molecule has 4 aliphatic rings. The molecule has 2 N–H and O–H groups in total. The molecule has 0 aromatic heterocycles. The maximum atomic E-state index is 14.2. The number of anilines is 1. The zero-order valence-electron chi connectivity index (χ0n) is 23.3. The molecule has 3 aliphatic heterocycles. The number of likely N-dealkylation sites (tertiary alicyclic amines) is 1. The first-order valence-corrected chi connectivity index (χ1v) is 14.9. The van der Waals surface area contributed by atoms with Gasteiger partial charge >= 0.3 is 0 Å². The Hall–Kier alpha value is -3.36. The van der Waals surface area contributed by atoms with Crippen LogP contribution in [0.3, 0.4) is 0 Å². The standard InChI is InChI=1S/C32H36ClN3O5/c1-19-8-3-6-13-24(19)35-30(38)28-32-16-14-25(41-32)26(29(37)34-21-10-7-11-22(18-21)40-2)27(32)31(39)36(28)17-15-20-9-4-5-12-23(20)33/h4-5,7,9-12,14,16,18-19,24-28H,3,6,8,13,15,17H2,1-2H3,(H,34,37)(H,35,38)/t19?,24?,25-,26?,27-,28?,32?/m1/s1. The predicted molar refractivity (Wildman–Crippen MR) is 156 cm³/mol. The molecule has 1 aliphatic carbocycles. The van der Waals surface area contributed by atoms with Crippen molar-refractivity contribution in [2.75, 3.05) is 19.0 Å². The molecule has 9 heteroatoms. The number of rotatable bonds is 8. The molecule has 3 amide bonds. The first kappa shape index (κ1) is 27.8. The van der Waals surface area contributed by atoms with Crippen molar-refractivity contribution in [3.8, 4) is 5.75 Å². The number of nitrogens with zero attached hydrogens (tertiary/aromatic N) is 1. The molecule has 2 bridgehead atoms. The van der Waals surface area contributed by atoms with Crippen molar-refractivity contribution < 1.29 is 23.9 Å². The van der Waals surface area contributed by atoms with E-state index in [-0.39, 0.29) is 30.3 Å². The summed E-state index contributed by atoms with van der Waals surface area (Å²) in [4.78, 5) is 43.6. The van der Waals surface area contributed by atoms with Crippen LogP contribution < -0.4 is 15.4 Å². The number of halogens is 1. The third kappa shape index (κ3) is 4.91. The van der Waals surface area contributed by atoms with Gasteiger partial charge in [0.25, 0.3) is 0 Å². The molecule has 2 aromatic carbocycles. The average Bonchev–Trinajstić information content (AvgIpc) is 3.61. The Morgan fingerprint density at radius 3 is 2.71 bits per heavy atom. The maximum Gasteiger partial charge on any atom is 0.246 e. The van der Waals surface area contributed by atoms with Gasteiger partial charge in [-0.25, -0.2) is 0 Å². The van der Waals surface area contributed by atoms with Crippen LogP contribution in [0.25, 0.3) is 0 Å². The lowest BCUT2D eigenvalue weighted by atomic mass is 9.74. The lowest BCUT2D eigenvalue weighted by Gasteiger charge is -2.36. The quantitative estimate of drug-likeness (QED) is 0.454. The van der Waals surface area contributed by atoms with E-state index in [1.165, 1.54) is 0 Å². The highest BCUT2D eigenvalue weighted by molar-refractivity contribution is 6.31. The van der Waals surface area contributed by atoms with E-state index in [2.05, 4.69) is 17.6 Å². The van der Waals surface area contributed by atoms with Crippen molar-refractivity contribution in [3.63, 3.8) is 0 Å². The number of carbonyl (C=O) groups is 3. The topological polar surface area (TPSA) is 97.0 Å². The van der Waals surface area contributed by atoms with Crippen LogP contribution >= 0.6 is 11.6 Å². The minimum absolute atomic E-state index is 0.0435. The molecule has 1 spiro atoms. The highest BCUT2D eigenvalue weighted by Gasteiger charge is 2.72. The molecular weight excluding hydrogens is 542 g/mol. The summed E-state index contributed by atoms with van der Waals surface area (Å²) < 4.78 is 11.8. The van der Waals surface area contributed by atoms with E-state index >= 15 is 0 Å². The van der Waals surface area contributed by atoms with Crippen LogP contribution in [0.5, 0.6) is 5.75 Å². The van der Waals surface area contributed by atoms with Gasteiger partial charge in [-0.2, -0.15) is 0 Å². The number of nitrogens with one attached hydrogen (secondary N) is 2. The number of fused-ring (bicyclic) bond motifs is 1. The van der Waals surface area contributed by atoms with Crippen LogP contribution in [-0.2, 0) is 25.5 Å². The Balaban J connectivity index is 1.30. The fourth-order valence-corrected chi connectivity index (χ4v) is 7.40. The minimum Gasteiger partial charge on any atom is -0.497 e. The lowest BCUT2D eigenvalue weighted by Crippen LogP contribution is -2.57. The second-order valence-corrected chi connectivity index (χ2v) is 12.1. The van der Waals surface area contributed by atoms with Gasteiger partial charge in [0.2, 0.25) is 17.7 Å². The third-order valence-electron chi connectivity index (χ3n) is 9.28. The molecule has 2 saturated heterocycles. The van der Waals surface area contributed by atoms with Gasteiger partial charge in [-0.1, -0.05) is 67.8 Å². The number of hydrogen-bond donors (Lipinski definition) is 2. The molecule has 6 rings (SSSR count). The van der Waals surface area contributed by atoms with Gasteiger partial charge in [0, 0.05) is 29.4 Å². The monoisotopic (exact) mass is 577 g/mol. The molecule has 216 valence electrons. The van der Waals surface area contributed by atoms with Gasteiger partial charge in [-0.05, 0) is 48.9 Å². The van der Waals surface area contributed by atoms with Gasteiger partial charge in [-0.3, -0.25) is 14.4 Å². The minimum atomic E-state index is -1.21. The molecular formula is C32H36ClN3O5. The van der Waals surface area contributed by atoms with E-state index in [9.17, 15) is 14.4 Å². The number of carbonyl (C=O) groups excluding carboxylic acids is 3. The molecule has 41 heavy (non-hydrogen) atoms. The van der Waals surface area contributed by atoms with Crippen LogP contribution in [-0.4, -0.2) is 60.1 Å². The summed E-state index contributed by atoms with van der Waals surface area (Å²) in [6.07, 6.45) is 7.75. The van der Waals surface area contributed by atoms with Crippen molar-refractivity contribution in [1.82, 2.24) is 10.2 Å². The largest absolute Gasteiger partial charge is 0.497 e. The van der Waals surface area contributed by atoms with Gasteiger partial charge < -0.3 is 25.0 Å². The molecule has 0 radical (unpaired) electrons. The normalized spacial score (nSPS) is 31.7. The van der Waals surface area contributed by atoms with Gasteiger partial charge in [0.1, 0.15) is 17.4 Å². The van der Waals surface area contributed by atoms with E-state index in [0.717, 1.165) is 31.2 Å². The number of ether oxygens (including phenoxy) is 2. The second kappa shape index (κ2) is 11.1. The molecule has 1 saturated carbocycles. The zero-order chi connectivity index (χ0) is 28.7. The fraction of sp³-hybridized carbons (Fsp3) is 0.469. The van der Waals surface area contributed by atoms with Crippen molar-refractivity contribution >= 4 is 35.0 Å². The molecule has 5 unspecified atom stereocenters. The van der Waals surface area contributed by atoms with E-state index < -0.39 is 29.6 Å². The van der Waals surface area contributed by atoms with Gasteiger partial charge in [-0.15, -0.1) is 0 Å². The Morgan fingerprint density at radius 2 is 1.93 bits per heavy atom. The zero-order valence-corrected chi connectivity index (χ0v) is 24.1. The van der Waals surface area contributed by atoms with Gasteiger partial charge in [0.05, 0.1) is 25.0 Å². The highest BCUT2D eigenvalue weighted by Crippen LogP contribution is 2.55. The third-order valence-corrected chi connectivity index (χ3v) is 9.65. The predicted octanol–water partition coefficient (Wildman–Crippen LogP) is 4.38. The first-order valence-electron chi connectivity index (χ1n) is 14.5. The van der Waals surface area contributed by atoms with E-state index in [0.29, 0.717) is 28.8 Å². The molecule has 8 nitrogen and oxygen atoms in total. The molecule has 7 atom stereocenters. The van der Waals surface area contributed by atoms with E-state index in [1.807, 2.05) is 36.4 Å². The van der Waals surface area contributed by atoms with Crippen molar-refractivity contribution in [2.45, 2.75) is 62.8 Å². The van der Waals surface area contributed by atoms with Gasteiger partial charge in [0.15, 0.2) is 0 Å². The fourth-order valence-electron chi connectivity index (χ4n) is 7.17. The first-order chi connectivity index (χ1) is 19.8. The van der Waals surface area contributed by atoms with Crippen LogP contribution in [0.2, 0.25) is 5.02 Å². The average molecular weight is 578 g/mol. The summed E-state index contributed by atoms with van der Waals surface area (Å²) in [5.74, 6) is -1.40. The maximum absolute atomic E-state index is 14.2. The molecule has 3 heterocycles. The summed E-state index contributed by atoms with van der Waals surface area (Å²) >= 11 is 6.43. The number of amides is 3. The van der Waals surface area contributed by atoms with Crippen LogP contribution in [0.4, 0.5) is 5.69 Å². The SMILES string of the molecule is COc1cccc(NC(=O)C2[C@H]3C=CC4(O3)C(C(=O)NC3CCCCC3C)N(CCc3ccccc3Cl)C(=O)[C@@H]24)c1. The molecule has 2 aromatic rings. The Kier molecular flexibility index (Phi) is 7.55. The number of methoxy groups -OCH3 is 1. The van der Waals surface area contributed by atoms with E-state index in [4.69, 9.17) is 21.1 Å². The van der Waals surface area contributed by atoms with Crippen LogP contribution in [0, 0.1) is 17.8 Å². The second-order valence-electron chi connectivity index (χ2n) is 11.7. The Labute approximate surface area is 245 Å². The highest BCUT2D eigenvalue weighted by atomic mass is 35.5. The van der Waals surface area contributed by atoms with Crippen LogP contribution in [0.15, 0.2) is 60.7 Å². The number of benzene rings is 2. The van der Waals surface area contributed by atoms with E-state index in [1.54, 1.807) is 36.3 Å².